The van der Waals surface area contributed by atoms with E-state index in [0.717, 1.165) is 0 Å². The first-order valence-corrected chi connectivity index (χ1v) is 25.5. The first kappa shape index (κ1) is 113. The van der Waals surface area contributed by atoms with Crippen molar-refractivity contribution in [3.05, 3.63) is 251 Å². The molecule has 0 spiro atoms. The third-order valence-electron chi connectivity index (χ3n) is 8.46. The zero-order chi connectivity index (χ0) is 66.0. The molecular formula is C63H70Fe5N5O20+4. The van der Waals surface area contributed by atoms with E-state index >= 15 is 0 Å². The summed E-state index contributed by atoms with van der Waals surface area (Å²) in [6.07, 6.45) is 2.44. The van der Waals surface area contributed by atoms with Gasteiger partial charge in [-0.15, -0.1) is 26.4 Å². The van der Waals surface area contributed by atoms with E-state index in [0.29, 0.717) is 51.9 Å². The molecule has 0 unspecified atom stereocenters. The summed E-state index contributed by atoms with van der Waals surface area (Å²) in [6.45, 7) is 3.43. The number of nitriles is 1. The van der Waals surface area contributed by atoms with Gasteiger partial charge in [0.05, 0.1) is 47.9 Å². The zero-order valence-corrected chi connectivity index (χ0v) is 55.4. The average Bonchev–Trinajstić information content (AvgIpc) is 3.74. The Morgan fingerprint density at radius 1 is 0.290 bits per heavy atom. The molecule has 0 bridgehead atoms. The van der Waals surface area contributed by atoms with Crippen LogP contribution in [0.1, 0.15) is 105 Å². The van der Waals surface area contributed by atoms with Gasteiger partial charge in [-0.05, 0) is 65.1 Å². The molecule has 0 aromatic heterocycles. The first-order chi connectivity index (χ1) is 41.2. The van der Waals surface area contributed by atoms with Crippen LogP contribution in [0.2, 0.25) is 0 Å². The molecule has 0 aliphatic carbocycles. The van der Waals surface area contributed by atoms with E-state index in [1.165, 1.54) is 91.9 Å². The maximum atomic E-state index is 10.1. The predicted molar refractivity (Wildman–Crippen MR) is 302 cm³/mol. The van der Waals surface area contributed by atoms with Crippen molar-refractivity contribution in [3.8, 4) is 6.07 Å². The molecule has 0 aliphatic rings. The van der Waals surface area contributed by atoms with Crippen LogP contribution in [0.25, 0.3) is 0 Å². The van der Waals surface area contributed by atoms with Crippen molar-refractivity contribution in [2.24, 2.45) is 22.9 Å². The van der Waals surface area contributed by atoms with E-state index in [2.05, 4.69) is 0 Å². The molecule has 7 aromatic carbocycles. The van der Waals surface area contributed by atoms with Gasteiger partial charge in [0, 0.05) is 6.92 Å². The van der Waals surface area contributed by atoms with Crippen LogP contribution < -0.4 is 79.1 Å². The molecule has 25 nitrogen and oxygen atoms in total. The molecule has 7 rings (SSSR count). The van der Waals surface area contributed by atoms with Crippen molar-refractivity contribution in [2.45, 2.75) is 32.6 Å². The molecule has 93 heavy (non-hydrogen) atoms. The summed E-state index contributed by atoms with van der Waals surface area (Å²) in [4.78, 5) is 70.6. The molecule has 0 saturated heterocycles. The fraction of sp³-hybridized carbons (Fsp3) is 0.206. The van der Waals surface area contributed by atoms with Gasteiger partial charge in [0.25, 0.3) is 0 Å². The third kappa shape index (κ3) is 80.6. The molecular weight excluding hydrogens is 1430 g/mol. The number of hydrogen-bond acceptors (Lipinski definition) is 23. The number of carboxylic acids is 7. The van der Waals surface area contributed by atoms with Crippen LogP contribution in [0.5, 0.6) is 0 Å². The number of hydrogen-bond donors (Lipinski definition) is 4. The number of nitrogens with zero attached hydrogens (tertiary/aromatic N) is 1. The van der Waals surface area contributed by atoms with Crippen molar-refractivity contribution in [1.82, 2.24) is 0 Å². The molecule has 0 aliphatic heterocycles. The Morgan fingerprint density at radius 3 is 0.409 bits per heavy atom. The molecule has 0 heterocycles. The minimum atomic E-state index is -1.13. The van der Waals surface area contributed by atoms with Crippen molar-refractivity contribution >= 4 is 41.8 Å². The SMILES string of the molecule is CC#N.NCCC[O-].NCCC[O-].NCCC[O-].NCCC[O-].O=C([O-])c1ccccc1.O=C([O-])c1ccccc1.O=C([O-])c1ccccc1.O=C([O-])c1ccccc1.O=C([O-])c1ccccc1.O=C([O-])c1ccccc1.O=C([O-])c1ccccc1.[Fe+3].[Fe+4].[Fe+4].[Fe+4].[Fe+4].[O-2].[O-2]. The van der Waals surface area contributed by atoms with Crippen LogP contribution in [0.15, 0.2) is 212 Å². The van der Waals surface area contributed by atoms with E-state index in [1.54, 1.807) is 133 Å². The Labute approximate surface area is 594 Å². The van der Waals surface area contributed by atoms with Crippen LogP contribution in [-0.2, 0) is 96.3 Å². The summed E-state index contributed by atoms with van der Waals surface area (Å²) in [7, 11) is 0. The Hall–Kier alpha value is -7.48. The standard InChI is InChI=1S/7C7H6O2.4C3H8NO.C2H3N.5Fe.2O/c7*8-7(9)6-4-2-1-3-5-6;4*4-2-1-3-5;1-2-3;;;;;;;/h7*1-5H,(H,8,9);4*1-4H2;1H3;;;;;;;/q;;;;;;;4*-1;;+3;4*+4;2*-2/p-7. The second-order valence-electron chi connectivity index (χ2n) is 15.2. The Kier molecular flexibility index (Phi) is 105. The summed E-state index contributed by atoms with van der Waals surface area (Å²) in [5, 5.41) is 116. The summed E-state index contributed by atoms with van der Waals surface area (Å²) in [6, 6.07) is 58.2. The number of aromatic carboxylic acids is 7. The van der Waals surface area contributed by atoms with Gasteiger partial charge in [0.15, 0.2) is 0 Å². The van der Waals surface area contributed by atoms with Crippen molar-refractivity contribution < 1.29 is 186 Å². The van der Waals surface area contributed by atoms with Gasteiger partial charge in [-0.2, -0.15) is 5.26 Å². The maximum Gasteiger partial charge on any atom is 4.00 e. The van der Waals surface area contributed by atoms with Gasteiger partial charge in [0.1, 0.15) is 0 Å². The van der Waals surface area contributed by atoms with Crippen LogP contribution >= 0.6 is 0 Å². The Balaban J connectivity index is -0.0000000773. The fourth-order valence-corrected chi connectivity index (χ4v) is 4.35. The number of carbonyl (C=O) groups is 7. The first-order valence-electron chi connectivity index (χ1n) is 25.5. The zero-order valence-electron chi connectivity index (χ0n) is 49.9. The number of carboxylic acid groups (broad SMARTS) is 7. The molecule has 1 radical (unpaired) electrons. The quantitative estimate of drug-likeness (QED) is 0.0702. The number of nitrogens with two attached hydrogens (primary N) is 4. The average molecular weight is 1500 g/mol. The van der Waals surface area contributed by atoms with Crippen LogP contribution in [-0.4, -0.2) is 94.4 Å². The minimum Gasteiger partial charge on any atom is -2.00 e. The van der Waals surface area contributed by atoms with Crippen LogP contribution in [0, 0.1) is 11.3 Å². The van der Waals surface area contributed by atoms with Gasteiger partial charge in [0.2, 0.25) is 0 Å². The van der Waals surface area contributed by atoms with Gasteiger partial charge >= 0.3 is 85.3 Å². The molecule has 503 valence electrons. The van der Waals surface area contributed by atoms with E-state index in [9.17, 15) is 89.7 Å². The van der Waals surface area contributed by atoms with Crippen LogP contribution in [0.3, 0.4) is 0 Å². The number of benzene rings is 7. The Bertz CT molecular complexity index is 2260. The number of rotatable bonds is 15. The summed E-state index contributed by atoms with van der Waals surface area (Å²) in [5.41, 5.74) is 21.3. The van der Waals surface area contributed by atoms with Crippen molar-refractivity contribution in [1.29, 1.82) is 5.26 Å². The molecule has 0 amide bonds. The van der Waals surface area contributed by atoms with Gasteiger partial charge in [-0.1, -0.05) is 238 Å². The third-order valence-corrected chi connectivity index (χ3v) is 8.46. The molecule has 0 saturated carbocycles. The second-order valence-corrected chi connectivity index (χ2v) is 15.2. The Morgan fingerprint density at radius 2 is 0.376 bits per heavy atom. The van der Waals surface area contributed by atoms with Crippen LogP contribution in [0.4, 0.5) is 0 Å². The van der Waals surface area contributed by atoms with E-state index in [1.807, 2.05) is 0 Å². The molecule has 0 atom stereocenters. The summed E-state index contributed by atoms with van der Waals surface area (Å²) >= 11 is 0. The summed E-state index contributed by atoms with van der Waals surface area (Å²) in [5.74, 6) is -7.90. The molecule has 8 N–H and O–H groups in total. The smallest absolute Gasteiger partial charge is 2.00 e. The topological polar surface area (TPSA) is 558 Å². The molecule has 30 heteroatoms. The summed E-state index contributed by atoms with van der Waals surface area (Å²) < 4.78 is 0. The van der Waals surface area contributed by atoms with Gasteiger partial charge < -0.3 is 124 Å². The van der Waals surface area contributed by atoms with Gasteiger partial charge in [-0.3, -0.25) is 0 Å². The van der Waals surface area contributed by atoms with Gasteiger partial charge in [-0.25, -0.2) is 0 Å². The van der Waals surface area contributed by atoms with E-state index in [4.69, 9.17) is 28.2 Å². The minimum absolute atomic E-state index is 0. The second kappa shape index (κ2) is 86.6. The molecule has 7 aromatic rings. The predicted octanol–water partition coefficient (Wildman–Crippen LogP) is -4.59. The fourth-order valence-electron chi connectivity index (χ4n) is 4.35. The normalized spacial score (nSPS) is 7.91. The maximum absolute atomic E-state index is 10.1. The largest absolute Gasteiger partial charge is 4.00 e. The van der Waals surface area contributed by atoms with Crippen molar-refractivity contribution in [3.63, 3.8) is 0 Å². The van der Waals surface area contributed by atoms with Crippen molar-refractivity contribution in [2.75, 3.05) is 52.6 Å². The molecule has 0 fully saturated rings. The van der Waals surface area contributed by atoms with E-state index in [-0.39, 0.29) is 162 Å². The monoisotopic (exact) mass is 1500 g/mol. The van der Waals surface area contributed by atoms with E-state index < -0.39 is 41.8 Å². The number of carbonyl (C=O) groups excluding carboxylic acids is 7.